The molecule has 0 radical (unpaired) electrons. The lowest BCUT2D eigenvalue weighted by Gasteiger charge is -2.19. The second kappa shape index (κ2) is 7.56. The Labute approximate surface area is 159 Å². The standard InChI is InChI=1S/C21H26O6/c1-11-12(2)20(14-8-16(23)21(26-5)18(10-14)25-4)27-19(11)13-6-7-15(22)17(9-13)24-3/h6-12,19-20,22-23H,1-5H3/t11-,12-,19+,20-/m0/s1. The molecule has 1 saturated heterocycles. The van der Waals surface area contributed by atoms with Gasteiger partial charge in [-0.2, -0.15) is 0 Å². The van der Waals surface area contributed by atoms with Crippen LogP contribution < -0.4 is 14.2 Å². The molecule has 6 nitrogen and oxygen atoms in total. The number of hydrogen-bond donors (Lipinski definition) is 2. The van der Waals surface area contributed by atoms with Gasteiger partial charge in [0.05, 0.1) is 33.5 Å². The van der Waals surface area contributed by atoms with E-state index in [4.69, 9.17) is 18.9 Å². The Bertz CT molecular complexity index is 819. The Morgan fingerprint density at radius 2 is 1.33 bits per heavy atom. The maximum Gasteiger partial charge on any atom is 0.203 e. The van der Waals surface area contributed by atoms with Crippen LogP contribution in [0, 0.1) is 11.8 Å². The monoisotopic (exact) mass is 374 g/mol. The van der Waals surface area contributed by atoms with Gasteiger partial charge in [-0.3, -0.25) is 0 Å². The molecule has 2 N–H and O–H groups in total. The summed E-state index contributed by atoms with van der Waals surface area (Å²) in [6.45, 7) is 4.26. The highest BCUT2D eigenvalue weighted by molar-refractivity contribution is 5.53. The maximum atomic E-state index is 10.3. The van der Waals surface area contributed by atoms with Gasteiger partial charge in [-0.05, 0) is 47.2 Å². The first kappa shape index (κ1) is 19.2. The minimum atomic E-state index is -0.212. The first-order chi connectivity index (χ1) is 12.9. The smallest absolute Gasteiger partial charge is 0.203 e. The lowest BCUT2D eigenvalue weighted by molar-refractivity contribution is 0.0286. The Morgan fingerprint density at radius 1 is 0.741 bits per heavy atom. The van der Waals surface area contributed by atoms with E-state index in [2.05, 4.69) is 13.8 Å². The molecule has 1 fully saturated rings. The molecule has 2 aromatic carbocycles. The highest BCUT2D eigenvalue weighted by atomic mass is 16.5. The summed E-state index contributed by atoms with van der Waals surface area (Å²) in [6.07, 6.45) is -0.370. The van der Waals surface area contributed by atoms with Crippen molar-refractivity contribution in [2.45, 2.75) is 26.1 Å². The van der Waals surface area contributed by atoms with Gasteiger partial charge in [0.1, 0.15) is 0 Å². The zero-order chi connectivity index (χ0) is 19.7. The van der Waals surface area contributed by atoms with Crippen molar-refractivity contribution in [2.75, 3.05) is 21.3 Å². The van der Waals surface area contributed by atoms with Crippen molar-refractivity contribution in [2.24, 2.45) is 11.8 Å². The predicted molar refractivity (Wildman–Crippen MR) is 101 cm³/mol. The summed E-state index contributed by atoms with van der Waals surface area (Å²) in [7, 11) is 4.55. The van der Waals surface area contributed by atoms with Crippen LogP contribution in [-0.2, 0) is 4.74 Å². The fourth-order valence-corrected chi connectivity index (χ4v) is 3.72. The summed E-state index contributed by atoms with van der Waals surface area (Å²) in [6, 6.07) is 8.77. The normalized spacial score (nSPS) is 24.6. The Kier molecular flexibility index (Phi) is 5.37. The van der Waals surface area contributed by atoms with Crippen LogP contribution in [0.1, 0.15) is 37.2 Å². The summed E-state index contributed by atoms with van der Waals surface area (Å²) in [5, 5.41) is 20.1. The highest BCUT2D eigenvalue weighted by Gasteiger charge is 2.41. The molecule has 4 atom stereocenters. The van der Waals surface area contributed by atoms with Crippen molar-refractivity contribution < 1.29 is 29.2 Å². The minimum absolute atomic E-state index is 0.0186. The third kappa shape index (κ3) is 3.37. The van der Waals surface area contributed by atoms with Crippen molar-refractivity contribution in [1.82, 2.24) is 0 Å². The second-order valence-corrected chi connectivity index (χ2v) is 6.90. The van der Waals surface area contributed by atoms with E-state index in [0.29, 0.717) is 17.2 Å². The van der Waals surface area contributed by atoms with Crippen molar-refractivity contribution in [3.8, 4) is 28.7 Å². The molecule has 6 heteroatoms. The summed E-state index contributed by atoms with van der Waals surface area (Å²) in [4.78, 5) is 0. The lowest BCUT2D eigenvalue weighted by Crippen LogP contribution is -2.10. The third-order valence-corrected chi connectivity index (χ3v) is 5.42. The number of phenols is 2. The molecule has 1 aliphatic rings. The SMILES string of the molecule is COc1cc([C@@H]2O[C@H](c3cc(O)c(OC)c(OC)c3)[C@@H](C)[C@@H]2C)ccc1O. The predicted octanol–water partition coefficient (Wildman–Crippen LogP) is 4.21. The molecule has 3 rings (SSSR count). The van der Waals surface area contributed by atoms with Crippen LogP contribution in [0.2, 0.25) is 0 Å². The van der Waals surface area contributed by atoms with Crippen LogP contribution in [0.5, 0.6) is 28.7 Å². The molecule has 0 aromatic heterocycles. The molecule has 0 spiro atoms. The van der Waals surface area contributed by atoms with Gasteiger partial charge in [-0.25, -0.2) is 0 Å². The van der Waals surface area contributed by atoms with Crippen LogP contribution in [0.25, 0.3) is 0 Å². The van der Waals surface area contributed by atoms with Gasteiger partial charge in [0.15, 0.2) is 23.0 Å². The van der Waals surface area contributed by atoms with Gasteiger partial charge in [-0.1, -0.05) is 19.9 Å². The molecule has 0 bridgehead atoms. The fourth-order valence-electron chi connectivity index (χ4n) is 3.72. The molecule has 0 saturated carbocycles. The third-order valence-electron chi connectivity index (χ3n) is 5.42. The average molecular weight is 374 g/mol. The van der Waals surface area contributed by atoms with Crippen molar-refractivity contribution in [3.63, 3.8) is 0 Å². The van der Waals surface area contributed by atoms with Gasteiger partial charge in [0.25, 0.3) is 0 Å². The molecular weight excluding hydrogens is 348 g/mol. The number of aromatic hydroxyl groups is 2. The summed E-state index contributed by atoms with van der Waals surface area (Å²) in [5.41, 5.74) is 1.77. The Balaban J connectivity index is 1.95. The maximum absolute atomic E-state index is 10.3. The molecule has 1 aliphatic heterocycles. The van der Waals surface area contributed by atoms with E-state index in [0.717, 1.165) is 11.1 Å². The molecule has 0 aliphatic carbocycles. The van der Waals surface area contributed by atoms with Crippen LogP contribution >= 0.6 is 0 Å². The number of rotatable bonds is 5. The van der Waals surface area contributed by atoms with E-state index in [1.165, 1.54) is 21.3 Å². The summed E-state index contributed by atoms with van der Waals surface area (Å²) in [5.74, 6) is 1.73. The number of hydrogen-bond acceptors (Lipinski definition) is 6. The number of phenolic OH excluding ortho intramolecular Hbond substituents is 2. The molecule has 146 valence electrons. The first-order valence-corrected chi connectivity index (χ1v) is 8.88. The topological polar surface area (TPSA) is 77.4 Å². The molecular formula is C21H26O6. The minimum Gasteiger partial charge on any atom is -0.504 e. The van der Waals surface area contributed by atoms with Crippen LogP contribution in [0.15, 0.2) is 30.3 Å². The first-order valence-electron chi connectivity index (χ1n) is 8.88. The van der Waals surface area contributed by atoms with Crippen LogP contribution in [0.4, 0.5) is 0 Å². The van der Waals surface area contributed by atoms with Crippen molar-refractivity contribution in [3.05, 3.63) is 41.5 Å². The van der Waals surface area contributed by atoms with E-state index < -0.39 is 0 Å². The molecule has 1 heterocycles. The van der Waals surface area contributed by atoms with Crippen molar-refractivity contribution in [1.29, 1.82) is 0 Å². The molecule has 0 unspecified atom stereocenters. The van der Waals surface area contributed by atoms with Crippen LogP contribution in [0.3, 0.4) is 0 Å². The second-order valence-electron chi connectivity index (χ2n) is 6.90. The van der Waals surface area contributed by atoms with E-state index in [1.54, 1.807) is 18.2 Å². The van der Waals surface area contributed by atoms with E-state index >= 15 is 0 Å². The average Bonchev–Trinajstić information content (AvgIpc) is 2.96. The summed E-state index contributed by atoms with van der Waals surface area (Å²) < 4.78 is 22.2. The van der Waals surface area contributed by atoms with Gasteiger partial charge in [-0.15, -0.1) is 0 Å². The van der Waals surface area contributed by atoms with E-state index in [9.17, 15) is 10.2 Å². The van der Waals surface area contributed by atoms with Gasteiger partial charge >= 0.3 is 0 Å². The Morgan fingerprint density at radius 3 is 1.93 bits per heavy atom. The zero-order valence-corrected chi connectivity index (χ0v) is 16.2. The lowest BCUT2D eigenvalue weighted by atomic mass is 9.85. The van der Waals surface area contributed by atoms with Gasteiger partial charge in [0, 0.05) is 0 Å². The zero-order valence-electron chi connectivity index (χ0n) is 16.2. The number of methoxy groups -OCH3 is 3. The van der Waals surface area contributed by atoms with E-state index in [-0.39, 0.29) is 35.5 Å². The van der Waals surface area contributed by atoms with Gasteiger partial charge < -0.3 is 29.2 Å². The van der Waals surface area contributed by atoms with E-state index in [1.807, 2.05) is 12.1 Å². The molecule has 27 heavy (non-hydrogen) atoms. The Hall–Kier alpha value is -2.60. The molecule has 2 aromatic rings. The quantitative estimate of drug-likeness (QED) is 0.816. The molecule has 0 amide bonds. The number of ether oxygens (including phenoxy) is 4. The van der Waals surface area contributed by atoms with Gasteiger partial charge in [0.2, 0.25) is 5.75 Å². The van der Waals surface area contributed by atoms with Crippen molar-refractivity contribution >= 4 is 0 Å². The largest absolute Gasteiger partial charge is 0.504 e. The number of benzene rings is 2. The summed E-state index contributed by atoms with van der Waals surface area (Å²) >= 11 is 0. The fraction of sp³-hybridized carbons (Fsp3) is 0.429. The highest BCUT2D eigenvalue weighted by Crippen LogP contribution is 2.51. The van der Waals surface area contributed by atoms with Crippen LogP contribution in [-0.4, -0.2) is 31.5 Å².